The Labute approximate surface area is 164 Å². The fourth-order valence-electron chi connectivity index (χ4n) is 3.21. The quantitative estimate of drug-likeness (QED) is 0.294. The SMILES string of the molecule is CCN1CCCC(CNC(=NC)NCCCc2ccccc2)C1.I. The van der Waals surface area contributed by atoms with Gasteiger partial charge in [0, 0.05) is 26.7 Å². The average Bonchev–Trinajstić information content (AvgIpc) is 2.62. The molecule has 1 saturated heterocycles. The average molecular weight is 444 g/mol. The van der Waals surface area contributed by atoms with Gasteiger partial charge in [0.2, 0.25) is 0 Å². The van der Waals surface area contributed by atoms with Crippen molar-refractivity contribution in [2.75, 3.05) is 39.8 Å². The Bertz CT molecular complexity index is 464. The largest absolute Gasteiger partial charge is 0.356 e. The molecule has 1 unspecified atom stereocenters. The van der Waals surface area contributed by atoms with Crippen molar-refractivity contribution in [3.05, 3.63) is 35.9 Å². The summed E-state index contributed by atoms with van der Waals surface area (Å²) in [6.45, 7) is 7.88. The van der Waals surface area contributed by atoms with Gasteiger partial charge in [-0.3, -0.25) is 4.99 Å². The first-order chi connectivity index (χ1) is 11.3. The summed E-state index contributed by atoms with van der Waals surface area (Å²) in [6, 6.07) is 10.7. The molecular weight excluding hydrogens is 411 g/mol. The van der Waals surface area contributed by atoms with Crippen LogP contribution in [0.4, 0.5) is 0 Å². The van der Waals surface area contributed by atoms with Crippen LogP contribution in [0.3, 0.4) is 0 Å². The molecule has 1 aliphatic rings. The molecule has 1 heterocycles. The van der Waals surface area contributed by atoms with E-state index < -0.39 is 0 Å². The van der Waals surface area contributed by atoms with Crippen molar-refractivity contribution in [1.82, 2.24) is 15.5 Å². The number of hydrogen-bond donors (Lipinski definition) is 2. The minimum absolute atomic E-state index is 0. The minimum atomic E-state index is 0. The summed E-state index contributed by atoms with van der Waals surface area (Å²) >= 11 is 0. The van der Waals surface area contributed by atoms with Gasteiger partial charge in [0.25, 0.3) is 0 Å². The van der Waals surface area contributed by atoms with E-state index in [2.05, 4.69) is 57.8 Å². The fourth-order valence-corrected chi connectivity index (χ4v) is 3.21. The van der Waals surface area contributed by atoms with E-state index in [1.165, 1.54) is 38.0 Å². The predicted molar refractivity (Wildman–Crippen MR) is 114 cm³/mol. The van der Waals surface area contributed by atoms with E-state index in [1.807, 2.05) is 7.05 Å². The number of nitrogens with zero attached hydrogens (tertiary/aromatic N) is 2. The zero-order chi connectivity index (χ0) is 16.3. The highest BCUT2D eigenvalue weighted by molar-refractivity contribution is 14.0. The first-order valence-electron chi connectivity index (χ1n) is 9.02. The molecule has 0 saturated carbocycles. The molecule has 0 spiro atoms. The van der Waals surface area contributed by atoms with Crippen LogP contribution >= 0.6 is 24.0 Å². The maximum Gasteiger partial charge on any atom is 0.190 e. The number of nitrogens with one attached hydrogen (secondary N) is 2. The van der Waals surface area contributed by atoms with Gasteiger partial charge in [-0.05, 0) is 50.3 Å². The smallest absolute Gasteiger partial charge is 0.190 e. The Morgan fingerprint density at radius 1 is 1.25 bits per heavy atom. The lowest BCUT2D eigenvalue weighted by Crippen LogP contribution is -2.44. The van der Waals surface area contributed by atoms with Crippen LogP contribution < -0.4 is 10.6 Å². The molecular formula is C19H33IN4. The summed E-state index contributed by atoms with van der Waals surface area (Å²) in [6.07, 6.45) is 4.88. The molecule has 1 atom stereocenters. The second-order valence-electron chi connectivity index (χ2n) is 6.37. The maximum absolute atomic E-state index is 4.34. The summed E-state index contributed by atoms with van der Waals surface area (Å²) in [4.78, 5) is 6.88. The van der Waals surface area contributed by atoms with Gasteiger partial charge in [-0.1, -0.05) is 37.3 Å². The van der Waals surface area contributed by atoms with Crippen LogP contribution in [-0.2, 0) is 6.42 Å². The lowest BCUT2D eigenvalue weighted by atomic mass is 9.98. The molecule has 2 rings (SSSR count). The van der Waals surface area contributed by atoms with E-state index in [0.29, 0.717) is 0 Å². The van der Waals surface area contributed by atoms with Crippen LogP contribution in [0.1, 0.15) is 31.7 Å². The molecule has 0 bridgehead atoms. The molecule has 5 heteroatoms. The van der Waals surface area contributed by atoms with Gasteiger partial charge in [0.15, 0.2) is 5.96 Å². The van der Waals surface area contributed by atoms with E-state index in [9.17, 15) is 0 Å². The number of halogens is 1. The van der Waals surface area contributed by atoms with E-state index in [1.54, 1.807) is 0 Å². The summed E-state index contributed by atoms with van der Waals surface area (Å²) in [5.74, 6) is 1.68. The zero-order valence-electron chi connectivity index (χ0n) is 15.1. The van der Waals surface area contributed by atoms with Gasteiger partial charge >= 0.3 is 0 Å². The Morgan fingerprint density at radius 3 is 2.75 bits per heavy atom. The first-order valence-corrected chi connectivity index (χ1v) is 9.02. The number of piperidine rings is 1. The van der Waals surface area contributed by atoms with Crippen molar-refractivity contribution < 1.29 is 0 Å². The number of benzene rings is 1. The monoisotopic (exact) mass is 444 g/mol. The number of hydrogen-bond acceptors (Lipinski definition) is 2. The molecule has 24 heavy (non-hydrogen) atoms. The van der Waals surface area contributed by atoms with Gasteiger partial charge in [0.05, 0.1) is 0 Å². The van der Waals surface area contributed by atoms with Gasteiger partial charge in [0.1, 0.15) is 0 Å². The van der Waals surface area contributed by atoms with Crippen LogP contribution in [-0.4, -0.2) is 50.6 Å². The van der Waals surface area contributed by atoms with Gasteiger partial charge in [-0.2, -0.15) is 0 Å². The Balaban J connectivity index is 0.00000288. The lowest BCUT2D eigenvalue weighted by molar-refractivity contribution is 0.183. The van der Waals surface area contributed by atoms with Crippen LogP contribution in [0.15, 0.2) is 35.3 Å². The van der Waals surface area contributed by atoms with E-state index >= 15 is 0 Å². The third-order valence-corrected chi connectivity index (χ3v) is 4.61. The van der Waals surface area contributed by atoms with Gasteiger partial charge < -0.3 is 15.5 Å². The van der Waals surface area contributed by atoms with Crippen molar-refractivity contribution in [2.24, 2.45) is 10.9 Å². The van der Waals surface area contributed by atoms with E-state index in [-0.39, 0.29) is 24.0 Å². The van der Waals surface area contributed by atoms with E-state index in [4.69, 9.17) is 0 Å². The van der Waals surface area contributed by atoms with Gasteiger partial charge in [-0.15, -0.1) is 24.0 Å². The highest BCUT2D eigenvalue weighted by Crippen LogP contribution is 2.15. The molecule has 4 nitrogen and oxygen atoms in total. The molecule has 0 radical (unpaired) electrons. The van der Waals surface area contributed by atoms with Crippen molar-refractivity contribution in [3.8, 4) is 0 Å². The highest BCUT2D eigenvalue weighted by Gasteiger charge is 2.18. The van der Waals surface area contributed by atoms with Crippen LogP contribution in [0.25, 0.3) is 0 Å². The number of guanidine groups is 1. The van der Waals surface area contributed by atoms with E-state index in [0.717, 1.165) is 37.8 Å². The Morgan fingerprint density at radius 2 is 2.04 bits per heavy atom. The summed E-state index contributed by atoms with van der Waals surface area (Å²) in [5, 5.41) is 6.92. The number of aliphatic imine (C=N–C) groups is 1. The third kappa shape index (κ3) is 7.83. The summed E-state index contributed by atoms with van der Waals surface area (Å²) in [5.41, 5.74) is 1.40. The maximum atomic E-state index is 4.34. The highest BCUT2D eigenvalue weighted by atomic mass is 127. The van der Waals surface area contributed by atoms with Crippen molar-refractivity contribution in [1.29, 1.82) is 0 Å². The fraction of sp³-hybridized carbons (Fsp3) is 0.632. The molecule has 0 amide bonds. The van der Waals surface area contributed by atoms with Crippen molar-refractivity contribution in [2.45, 2.75) is 32.6 Å². The lowest BCUT2D eigenvalue weighted by Gasteiger charge is -2.32. The Hall–Kier alpha value is -0.820. The molecule has 136 valence electrons. The molecule has 1 aromatic carbocycles. The third-order valence-electron chi connectivity index (χ3n) is 4.61. The second-order valence-corrected chi connectivity index (χ2v) is 6.37. The van der Waals surface area contributed by atoms with Crippen LogP contribution in [0, 0.1) is 5.92 Å². The van der Waals surface area contributed by atoms with Crippen molar-refractivity contribution in [3.63, 3.8) is 0 Å². The topological polar surface area (TPSA) is 39.7 Å². The molecule has 1 aromatic rings. The summed E-state index contributed by atoms with van der Waals surface area (Å²) < 4.78 is 0. The van der Waals surface area contributed by atoms with Gasteiger partial charge in [-0.25, -0.2) is 0 Å². The number of aryl methyl sites for hydroxylation is 1. The Kier molecular flexibility index (Phi) is 11.1. The molecule has 0 aliphatic carbocycles. The zero-order valence-corrected chi connectivity index (χ0v) is 17.5. The second kappa shape index (κ2) is 12.5. The minimum Gasteiger partial charge on any atom is -0.356 e. The van der Waals surface area contributed by atoms with Crippen LogP contribution in [0.5, 0.6) is 0 Å². The molecule has 0 aromatic heterocycles. The molecule has 2 N–H and O–H groups in total. The van der Waals surface area contributed by atoms with Crippen LogP contribution in [0.2, 0.25) is 0 Å². The number of rotatable bonds is 7. The van der Waals surface area contributed by atoms with Crippen molar-refractivity contribution >= 4 is 29.9 Å². The normalized spacial score (nSPS) is 18.8. The first kappa shape index (κ1) is 21.2. The summed E-state index contributed by atoms with van der Waals surface area (Å²) in [7, 11) is 1.85. The number of likely N-dealkylation sites (tertiary alicyclic amines) is 1. The molecule has 1 fully saturated rings. The standard InChI is InChI=1S/C19H32N4.HI/c1-3-23-14-8-12-18(16-23)15-22-19(20-2)21-13-7-11-17-9-5-4-6-10-17;/h4-6,9-10,18H,3,7-8,11-16H2,1-2H3,(H2,20,21,22);1H. The molecule has 1 aliphatic heterocycles. The predicted octanol–water partition coefficient (Wildman–Crippen LogP) is 3.13.